The molecule has 0 fully saturated rings. The molecule has 31 heavy (non-hydrogen) atoms. The van der Waals surface area contributed by atoms with Gasteiger partial charge in [0.2, 0.25) is 5.91 Å². The zero-order chi connectivity index (χ0) is 21.8. The first-order chi connectivity index (χ1) is 15.1. The normalized spacial score (nSPS) is 15.3. The highest BCUT2D eigenvalue weighted by atomic mass is 32.1. The monoisotopic (exact) mass is 436 g/mol. The third-order valence-electron chi connectivity index (χ3n) is 5.07. The fourth-order valence-electron chi connectivity index (χ4n) is 3.57. The van der Waals surface area contributed by atoms with Crippen LogP contribution in [0, 0.1) is 11.3 Å². The number of hydrogen-bond acceptors (Lipinski definition) is 7. The Hall–Kier alpha value is -3.64. The third kappa shape index (κ3) is 4.44. The number of carbonyl (C=O) groups excluding carboxylic acids is 3. The van der Waals surface area contributed by atoms with Crippen LogP contribution in [0.3, 0.4) is 0 Å². The van der Waals surface area contributed by atoms with Crippen molar-refractivity contribution in [1.29, 1.82) is 5.26 Å². The maximum atomic E-state index is 12.4. The minimum Gasteiger partial charge on any atom is -0.451 e. The SMILES string of the molecule is N#Cc1c(NC(=O)COC(=O)C2=CCC(=O)N(c3ccccc3)N2)sc2c1CCCC2. The summed E-state index contributed by atoms with van der Waals surface area (Å²) < 4.78 is 5.11. The molecule has 0 radical (unpaired) electrons. The topological polar surface area (TPSA) is 112 Å². The summed E-state index contributed by atoms with van der Waals surface area (Å²) in [6.07, 6.45) is 5.34. The summed E-state index contributed by atoms with van der Waals surface area (Å²) in [4.78, 5) is 38.0. The molecule has 2 N–H and O–H groups in total. The number of esters is 1. The van der Waals surface area contributed by atoms with Gasteiger partial charge in [0.25, 0.3) is 5.91 Å². The van der Waals surface area contributed by atoms with E-state index in [0.29, 0.717) is 16.3 Å². The van der Waals surface area contributed by atoms with Crippen molar-refractivity contribution in [2.75, 3.05) is 16.9 Å². The number of nitrogens with one attached hydrogen (secondary N) is 2. The number of fused-ring (bicyclic) bond motifs is 1. The molecule has 0 saturated carbocycles. The number of anilines is 2. The lowest BCUT2D eigenvalue weighted by molar-refractivity contribution is -0.143. The van der Waals surface area contributed by atoms with Crippen molar-refractivity contribution in [1.82, 2.24) is 5.43 Å². The van der Waals surface area contributed by atoms with E-state index in [-0.39, 0.29) is 18.0 Å². The molecular weight excluding hydrogens is 416 g/mol. The van der Waals surface area contributed by atoms with Crippen LogP contribution in [0.15, 0.2) is 42.1 Å². The Bertz CT molecular complexity index is 1100. The van der Waals surface area contributed by atoms with E-state index in [9.17, 15) is 19.6 Å². The molecule has 0 atom stereocenters. The van der Waals surface area contributed by atoms with Crippen LogP contribution >= 0.6 is 11.3 Å². The third-order valence-corrected chi connectivity index (χ3v) is 6.27. The van der Waals surface area contributed by atoms with Gasteiger partial charge in [-0.05, 0) is 49.5 Å². The summed E-state index contributed by atoms with van der Waals surface area (Å²) in [5, 5.41) is 13.9. The van der Waals surface area contributed by atoms with Crippen molar-refractivity contribution in [3.8, 4) is 6.07 Å². The maximum absolute atomic E-state index is 12.4. The van der Waals surface area contributed by atoms with Crippen LogP contribution < -0.4 is 15.8 Å². The Balaban J connectivity index is 1.36. The van der Waals surface area contributed by atoms with Crippen molar-refractivity contribution in [3.05, 3.63) is 58.1 Å². The standard InChI is InChI=1S/C22H20N4O4S/c23-12-16-15-8-4-5-9-18(15)31-21(16)24-19(27)13-30-22(29)17-10-11-20(28)26(25-17)14-6-2-1-3-7-14/h1-3,6-7,10,25H,4-5,8-9,11,13H2,(H,24,27). The number of nitrogens with zero attached hydrogens (tertiary/aromatic N) is 2. The highest BCUT2D eigenvalue weighted by molar-refractivity contribution is 7.16. The van der Waals surface area contributed by atoms with Gasteiger partial charge in [-0.25, -0.2) is 9.80 Å². The number of hydrazine groups is 1. The first-order valence-corrected chi connectivity index (χ1v) is 10.7. The average Bonchev–Trinajstić information content (AvgIpc) is 3.15. The largest absolute Gasteiger partial charge is 0.451 e. The van der Waals surface area contributed by atoms with Gasteiger partial charge in [-0.2, -0.15) is 5.26 Å². The lowest BCUT2D eigenvalue weighted by Gasteiger charge is -2.28. The molecule has 9 heteroatoms. The first kappa shape index (κ1) is 20.6. The van der Waals surface area contributed by atoms with E-state index in [1.807, 2.05) is 6.07 Å². The van der Waals surface area contributed by atoms with Crippen molar-refractivity contribution in [2.45, 2.75) is 32.1 Å². The van der Waals surface area contributed by atoms with Gasteiger partial charge < -0.3 is 10.1 Å². The lowest BCUT2D eigenvalue weighted by Crippen LogP contribution is -2.47. The Morgan fingerprint density at radius 2 is 2.00 bits per heavy atom. The van der Waals surface area contributed by atoms with Crippen molar-refractivity contribution in [3.63, 3.8) is 0 Å². The molecule has 2 amide bonds. The summed E-state index contributed by atoms with van der Waals surface area (Å²) in [6.45, 7) is -0.495. The molecule has 2 aromatic rings. The number of para-hydroxylation sites is 1. The Kier molecular flexibility index (Phi) is 6.00. The molecule has 8 nitrogen and oxygen atoms in total. The number of thiophene rings is 1. The highest BCUT2D eigenvalue weighted by Gasteiger charge is 2.26. The molecule has 4 rings (SSSR count). The zero-order valence-electron chi connectivity index (χ0n) is 16.6. The van der Waals surface area contributed by atoms with Crippen molar-refractivity contribution < 1.29 is 19.1 Å². The molecule has 1 aromatic heterocycles. The number of benzene rings is 1. The van der Waals surface area contributed by atoms with Gasteiger partial charge in [0, 0.05) is 11.3 Å². The molecule has 0 spiro atoms. The molecule has 0 saturated heterocycles. The van der Waals surface area contributed by atoms with Crippen LogP contribution in [-0.2, 0) is 32.0 Å². The Morgan fingerprint density at radius 1 is 1.23 bits per heavy atom. The van der Waals surface area contributed by atoms with Crippen LogP contribution in [0.4, 0.5) is 10.7 Å². The Morgan fingerprint density at radius 3 is 2.77 bits per heavy atom. The number of rotatable bonds is 5. The minimum absolute atomic E-state index is 0.0325. The second kappa shape index (κ2) is 9.02. The molecular formula is C22H20N4O4S. The number of hydrogen-bond donors (Lipinski definition) is 2. The summed E-state index contributed by atoms with van der Waals surface area (Å²) in [7, 11) is 0. The number of aryl methyl sites for hydroxylation is 1. The quantitative estimate of drug-likeness (QED) is 0.697. The van der Waals surface area contributed by atoms with Crippen LogP contribution in [0.2, 0.25) is 0 Å². The second-order valence-corrected chi connectivity index (χ2v) is 8.25. The number of carbonyl (C=O) groups is 3. The van der Waals surface area contributed by atoms with E-state index >= 15 is 0 Å². The first-order valence-electron chi connectivity index (χ1n) is 9.93. The predicted octanol–water partition coefficient (Wildman–Crippen LogP) is 2.81. The van der Waals surface area contributed by atoms with Gasteiger partial charge in [-0.15, -0.1) is 11.3 Å². The maximum Gasteiger partial charge on any atom is 0.356 e. The van der Waals surface area contributed by atoms with E-state index in [1.54, 1.807) is 24.3 Å². The smallest absolute Gasteiger partial charge is 0.356 e. The number of amides is 2. The molecule has 1 aliphatic carbocycles. The van der Waals surface area contributed by atoms with E-state index in [2.05, 4.69) is 16.8 Å². The van der Waals surface area contributed by atoms with Crippen LogP contribution in [0.1, 0.15) is 35.3 Å². The van der Waals surface area contributed by atoms with E-state index < -0.39 is 18.5 Å². The van der Waals surface area contributed by atoms with E-state index in [4.69, 9.17) is 4.74 Å². The predicted molar refractivity (Wildman–Crippen MR) is 115 cm³/mol. The van der Waals surface area contributed by atoms with Crippen molar-refractivity contribution >= 4 is 39.8 Å². The fourth-order valence-corrected chi connectivity index (χ4v) is 4.82. The van der Waals surface area contributed by atoms with Gasteiger partial charge in [0.05, 0.1) is 11.3 Å². The van der Waals surface area contributed by atoms with Gasteiger partial charge in [0.15, 0.2) is 6.61 Å². The number of ether oxygens (including phenoxy) is 1. The van der Waals surface area contributed by atoms with Crippen LogP contribution in [0.25, 0.3) is 0 Å². The fraction of sp³-hybridized carbons (Fsp3) is 0.273. The Labute approximate surface area is 183 Å². The average molecular weight is 436 g/mol. The molecule has 0 bridgehead atoms. The number of nitriles is 1. The van der Waals surface area contributed by atoms with E-state index in [1.165, 1.54) is 22.4 Å². The summed E-state index contributed by atoms with van der Waals surface area (Å²) in [5.41, 5.74) is 4.95. The summed E-state index contributed by atoms with van der Waals surface area (Å²) >= 11 is 1.41. The van der Waals surface area contributed by atoms with Gasteiger partial charge in [-0.3, -0.25) is 15.0 Å². The second-order valence-electron chi connectivity index (χ2n) is 7.15. The van der Waals surface area contributed by atoms with Gasteiger partial charge in [-0.1, -0.05) is 18.2 Å². The van der Waals surface area contributed by atoms with Gasteiger partial charge >= 0.3 is 5.97 Å². The van der Waals surface area contributed by atoms with Crippen LogP contribution in [-0.4, -0.2) is 24.4 Å². The molecule has 2 aliphatic rings. The molecule has 1 aromatic carbocycles. The minimum atomic E-state index is -0.741. The van der Waals surface area contributed by atoms with Crippen LogP contribution in [0.5, 0.6) is 0 Å². The lowest BCUT2D eigenvalue weighted by atomic mass is 9.96. The molecule has 1 aliphatic heterocycles. The highest BCUT2D eigenvalue weighted by Crippen LogP contribution is 2.37. The molecule has 158 valence electrons. The zero-order valence-corrected chi connectivity index (χ0v) is 17.5. The molecule has 0 unspecified atom stereocenters. The summed E-state index contributed by atoms with van der Waals surface area (Å²) in [5.74, 6) is -1.48. The van der Waals surface area contributed by atoms with Gasteiger partial charge in [0.1, 0.15) is 16.8 Å². The van der Waals surface area contributed by atoms with E-state index in [0.717, 1.165) is 36.1 Å². The molecule has 2 heterocycles. The van der Waals surface area contributed by atoms with Crippen molar-refractivity contribution in [2.24, 2.45) is 0 Å². The summed E-state index contributed by atoms with van der Waals surface area (Å²) in [6, 6.07) is 11.0.